The summed E-state index contributed by atoms with van der Waals surface area (Å²) in [4.78, 5) is 30.5. The van der Waals surface area contributed by atoms with E-state index >= 15 is 0 Å². The predicted octanol–water partition coefficient (Wildman–Crippen LogP) is 2.70. The summed E-state index contributed by atoms with van der Waals surface area (Å²) in [5.74, 6) is 0.918. The Morgan fingerprint density at radius 3 is 2.78 bits per heavy atom. The van der Waals surface area contributed by atoms with Crippen LogP contribution in [0.3, 0.4) is 0 Å². The quantitative estimate of drug-likeness (QED) is 0.811. The minimum atomic E-state index is -0.300. The normalized spacial score (nSPS) is 19.2. The molecule has 0 spiro atoms. The van der Waals surface area contributed by atoms with Gasteiger partial charge in [-0.2, -0.15) is 0 Å². The summed E-state index contributed by atoms with van der Waals surface area (Å²) in [5, 5.41) is 2.08. The fourth-order valence-electron chi connectivity index (χ4n) is 3.81. The van der Waals surface area contributed by atoms with Crippen LogP contribution in [0.2, 0.25) is 0 Å². The van der Waals surface area contributed by atoms with Crippen molar-refractivity contribution in [3.8, 4) is 11.5 Å². The second-order valence-corrected chi connectivity index (χ2v) is 7.82. The lowest BCUT2D eigenvalue weighted by Gasteiger charge is -2.29. The molecule has 1 aromatic carbocycles. The van der Waals surface area contributed by atoms with Gasteiger partial charge in [-0.15, -0.1) is 11.3 Å². The van der Waals surface area contributed by atoms with E-state index in [4.69, 9.17) is 9.47 Å². The molecule has 1 fully saturated rings. The van der Waals surface area contributed by atoms with Crippen LogP contribution < -0.4 is 14.4 Å². The van der Waals surface area contributed by atoms with Gasteiger partial charge in [-0.1, -0.05) is 0 Å². The molecular formula is C20H22N2O4S. The van der Waals surface area contributed by atoms with E-state index in [9.17, 15) is 9.59 Å². The number of hydrogen-bond acceptors (Lipinski definition) is 5. The van der Waals surface area contributed by atoms with E-state index in [-0.39, 0.29) is 24.2 Å². The molecule has 0 radical (unpaired) electrons. The van der Waals surface area contributed by atoms with E-state index in [0.29, 0.717) is 24.6 Å². The van der Waals surface area contributed by atoms with E-state index in [1.165, 1.54) is 10.4 Å². The molecule has 4 rings (SSSR count). The lowest BCUT2D eigenvalue weighted by atomic mass is 10.0. The number of benzene rings is 1. The van der Waals surface area contributed by atoms with Gasteiger partial charge in [0.15, 0.2) is 11.5 Å². The van der Waals surface area contributed by atoms with Gasteiger partial charge in [-0.3, -0.25) is 9.59 Å². The largest absolute Gasteiger partial charge is 0.493 e. The van der Waals surface area contributed by atoms with Gasteiger partial charge in [0.05, 0.1) is 20.1 Å². The molecule has 1 unspecified atom stereocenters. The minimum absolute atomic E-state index is 0.0335. The zero-order valence-corrected chi connectivity index (χ0v) is 16.3. The molecule has 1 saturated heterocycles. The second-order valence-electron chi connectivity index (χ2n) is 6.82. The first-order valence-corrected chi connectivity index (χ1v) is 9.85. The molecule has 0 aliphatic carbocycles. The van der Waals surface area contributed by atoms with Crippen molar-refractivity contribution in [2.45, 2.75) is 19.4 Å². The molecule has 2 amide bonds. The third-order valence-electron chi connectivity index (χ3n) is 5.27. The van der Waals surface area contributed by atoms with E-state index < -0.39 is 0 Å². The van der Waals surface area contributed by atoms with E-state index in [0.717, 1.165) is 18.7 Å². The van der Waals surface area contributed by atoms with Crippen molar-refractivity contribution >= 4 is 28.8 Å². The van der Waals surface area contributed by atoms with Gasteiger partial charge in [0.2, 0.25) is 11.8 Å². The van der Waals surface area contributed by atoms with E-state index in [1.54, 1.807) is 42.6 Å². The molecule has 142 valence electrons. The smallest absolute Gasteiger partial charge is 0.228 e. The molecule has 2 aliphatic heterocycles. The molecule has 27 heavy (non-hydrogen) atoms. The highest BCUT2D eigenvalue weighted by atomic mass is 32.1. The standard InChI is InChI=1S/C20H22N2O4S/c1-25-16-4-3-15(10-17(16)26-2)22-12-14(9-19(22)23)20(24)21-7-5-18-13(11-21)6-8-27-18/h3-4,6,8,10,14H,5,7,9,11-12H2,1-2H3. The number of carbonyl (C=O) groups is 2. The lowest BCUT2D eigenvalue weighted by Crippen LogP contribution is -2.40. The van der Waals surface area contributed by atoms with E-state index in [2.05, 4.69) is 11.4 Å². The van der Waals surface area contributed by atoms with E-state index in [1.807, 2.05) is 11.0 Å². The first-order chi connectivity index (χ1) is 13.1. The van der Waals surface area contributed by atoms with Gasteiger partial charge < -0.3 is 19.3 Å². The number of amides is 2. The molecule has 3 heterocycles. The highest BCUT2D eigenvalue weighted by Gasteiger charge is 2.38. The number of ether oxygens (including phenoxy) is 2. The molecule has 0 bridgehead atoms. The van der Waals surface area contributed by atoms with Gasteiger partial charge in [0, 0.05) is 42.7 Å². The molecule has 2 aliphatic rings. The average molecular weight is 386 g/mol. The second kappa shape index (κ2) is 7.23. The zero-order chi connectivity index (χ0) is 19.0. The number of nitrogens with zero attached hydrogens (tertiary/aromatic N) is 2. The lowest BCUT2D eigenvalue weighted by molar-refractivity contribution is -0.136. The van der Waals surface area contributed by atoms with Gasteiger partial charge in [0.25, 0.3) is 0 Å². The molecule has 0 saturated carbocycles. The molecular weight excluding hydrogens is 364 g/mol. The summed E-state index contributed by atoms with van der Waals surface area (Å²) in [6.07, 6.45) is 1.15. The fraction of sp³-hybridized carbons (Fsp3) is 0.400. The molecule has 6 nitrogen and oxygen atoms in total. The number of rotatable bonds is 4. The van der Waals surface area contributed by atoms with Crippen molar-refractivity contribution in [1.82, 2.24) is 4.90 Å². The van der Waals surface area contributed by atoms with Crippen LogP contribution in [0.25, 0.3) is 0 Å². The molecule has 0 N–H and O–H groups in total. The SMILES string of the molecule is COc1ccc(N2CC(C(=O)N3CCc4sccc4C3)CC2=O)cc1OC. The number of methoxy groups -OCH3 is 2. The van der Waals surface area contributed by atoms with Crippen LogP contribution in [0, 0.1) is 5.92 Å². The molecule has 2 aromatic rings. The number of anilines is 1. The molecule has 1 atom stereocenters. The number of carbonyl (C=O) groups excluding carboxylic acids is 2. The van der Waals surface area contributed by atoms with Crippen LogP contribution in [0.4, 0.5) is 5.69 Å². The van der Waals surface area contributed by atoms with Crippen molar-refractivity contribution in [3.05, 3.63) is 40.1 Å². The highest BCUT2D eigenvalue weighted by molar-refractivity contribution is 7.10. The summed E-state index contributed by atoms with van der Waals surface area (Å²) < 4.78 is 10.6. The maximum atomic E-state index is 13.0. The van der Waals surface area contributed by atoms with Crippen molar-refractivity contribution in [2.75, 3.05) is 32.2 Å². The minimum Gasteiger partial charge on any atom is -0.493 e. The Kier molecular flexibility index (Phi) is 4.78. The van der Waals surface area contributed by atoms with Gasteiger partial charge >= 0.3 is 0 Å². The van der Waals surface area contributed by atoms with Crippen LogP contribution in [0.5, 0.6) is 11.5 Å². The van der Waals surface area contributed by atoms with Crippen molar-refractivity contribution < 1.29 is 19.1 Å². The van der Waals surface area contributed by atoms with Crippen LogP contribution in [0.1, 0.15) is 16.9 Å². The topological polar surface area (TPSA) is 59.1 Å². The zero-order valence-electron chi connectivity index (χ0n) is 15.4. The Morgan fingerprint density at radius 2 is 2.00 bits per heavy atom. The average Bonchev–Trinajstić information content (AvgIpc) is 3.32. The number of fused-ring (bicyclic) bond motifs is 1. The van der Waals surface area contributed by atoms with Crippen molar-refractivity contribution in [1.29, 1.82) is 0 Å². The van der Waals surface area contributed by atoms with Gasteiger partial charge in [-0.05, 0) is 35.6 Å². The van der Waals surface area contributed by atoms with Crippen molar-refractivity contribution in [2.24, 2.45) is 5.92 Å². The first kappa shape index (κ1) is 17.9. The van der Waals surface area contributed by atoms with Crippen LogP contribution in [-0.2, 0) is 22.6 Å². The summed E-state index contributed by atoms with van der Waals surface area (Å²) in [7, 11) is 3.14. The fourth-order valence-corrected chi connectivity index (χ4v) is 4.70. The third kappa shape index (κ3) is 3.27. The Morgan fingerprint density at radius 1 is 1.19 bits per heavy atom. The summed E-state index contributed by atoms with van der Waals surface area (Å²) in [5.41, 5.74) is 1.97. The Bertz CT molecular complexity index is 879. The Labute approximate surface area is 162 Å². The van der Waals surface area contributed by atoms with Crippen LogP contribution >= 0.6 is 11.3 Å². The Balaban J connectivity index is 1.48. The highest BCUT2D eigenvalue weighted by Crippen LogP contribution is 2.35. The summed E-state index contributed by atoms with van der Waals surface area (Å²) >= 11 is 1.75. The summed E-state index contributed by atoms with van der Waals surface area (Å²) in [6, 6.07) is 7.47. The molecule has 7 heteroatoms. The third-order valence-corrected chi connectivity index (χ3v) is 6.30. The van der Waals surface area contributed by atoms with Crippen LogP contribution in [0.15, 0.2) is 29.6 Å². The van der Waals surface area contributed by atoms with Gasteiger partial charge in [-0.25, -0.2) is 0 Å². The number of hydrogen-bond donors (Lipinski definition) is 0. The monoisotopic (exact) mass is 386 g/mol. The van der Waals surface area contributed by atoms with Crippen LogP contribution in [-0.4, -0.2) is 44.0 Å². The number of thiophene rings is 1. The predicted molar refractivity (Wildman–Crippen MR) is 103 cm³/mol. The summed E-state index contributed by atoms with van der Waals surface area (Å²) in [6.45, 7) is 1.78. The maximum Gasteiger partial charge on any atom is 0.228 e. The first-order valence-electron chi connectivity index (χ1n) is 8.97. The van der Waals surface area contributed by atoms with Crippen molar-refractivity contribution in [3.63, 3.8) is 0 Å². The Hall–Kier alpha value is -2.54. The van der Waals surface area contributed by atoms with Gasteiger partial charge in [0.1, 0.15) is 0 Å². The maximum absolute atomic E-state index is 13.0. The molecule has 1 aromatic heterocycles.